The van der Waals surface area contributed by atoms with Crippen molar-refractivity contribution in [1.29, 1.82) is 0 Å². The second kappa shape index (κ2) is 16.0. The average Bonchev–Trinajstić information content (AvgIpc) is 3.09. The number of sulfonamides is 1. The van der Waals surface area contributed by atoms with Crippen molar-refractivity contribution in [2.45, 2.75) is 30.5 Å². The van der Waals surface area contributed by atoms with Crippen LogP contribution in [-0.2, 0) is 39.1 Å². The van der Waals surface area contributed by atoms with Crippen molar-refractivity contribution in [3.8, 4) is 5.75 Å². The lowest BCUT2D eigenvalue weighted by atomic mass is 10.0. The molecule has 1 amide bonds. The highest BCUT2D eigenvalue weighted by Crippen LogP contribution is 2.24. The van der Waals surface area contributed by atoms with Crippen LogP contribution in [0, 0.1) is 13.7 Å². The maximum atomic E-state index is 13.8. The van der Waals surface area contributed by atoms with E-state index in [0.717, 1.165) is 3.57 Å². The molecule has 13 heteroatoms. The van der Waals surface area contributed by atoms with E-state index in [9.17, 15) is 28.1 Å². The first-order valence-electron chi connectivity index (χ1n) is 15.1. The minimum Gasteiger partial charge on any atom is -0.489 e. The van der Waals surface area contributed by atoms with Gasteiger partial charge in [-0.2, -0.15) is 4.31 Å². The molecule has 1 unspecified atom stereocenters. The maximum Gasteiger partial charge on any atom is 0.329 e. The number of fused-ring (bicyclic) bond motifs is 3. The number of amides is 1. The molecule has 0 fully saturated rings. The van der Waals surface area contributed by atoms with E-state index >= 15 is 0 Å². The largest absolute Gasteiger partial charge is 0.489 e. The van der Waals surface area contributed by atoms with Crippen LogP contribution in [0.3, 0.4) is 0 Å². The summed E-state index contributed by atoms with van der Waals surface area (Å²) in [6, 6.07) is 24.6. The Labute approximate surface area is 297 Å². The highest BCUT2D eigenvalue weighted by molar-refractivity contribution is 14.1. The molecular formula is C36H32IN3O8S. The van der Waals surface area contributed by atoms with Crippen molar-refractivity contribution >= 4 is 50.2 Å². The number of carbonyl (C=O) groups is 2. The molecule has 1 aliphatic heterocycles. The van der Waals surface area contributed by atoms with E-state index in [2.05, 4.69) is 34.5 Å². The van der Waals surface area contributed by atoms with E-state index in [0.29, 0.717) is 28.0 Å². The molecule has 49 heavy (non-hydrogen) atoms. The quantitative estimate of drug-likeness (QED) is 0.109. The van der Waals surface area contributed by atoms with Crippen LogP contribution >= 0.6 is 22.6 Å². The van der Waals surface area contributed by atoms with Crippen molar-refractivity contribution in [3.63, 3.8) is 0 Å². The van der Waals surface area contributed by atoms with E-state index in [1.807, 2.05) is 0 Å². The smallest absolute Gasteiger partial charge is 0.329 e. The van der Waals surface area contributed by atoms with Crippen molar-refractivity contribution in [3.05, 3.63) is 157 Å². The number of hydrogen-bond donors (Lipinski definition) is 1. The standard InChI is InChI=1S/C36H32IN3O8S/c1-25-6-5-19-47-34-10-3-2-8-28(34)21-33(36(42)48-24-26-11-15-31(16-12-26)40(43)44)38-35(41)29-9-4-7-27(20-29)23-39(22-25)49(45,46)32-17-13-30(37)14-18-32/h2-18,20,33H,1,19,21-24H2,(H,38,41)/b6-5+. The minimum absolute atomic E-state index is 0.0134. The van der Waals surface area contributed by atoms with Gasteiger partial charge in [-0.1, -0.05) is 43.0 Å². The van der Waals surface area contributed by atoms with Gasteiger partial charge >= 0.3 is 5.97 Å². The van der Waals surface area contributed by atoms with Gasteiger partial charge in [-0.3, -0.25) is 14.9 Å². The van der Waals surface area contributed by atoms with Gasteiger partial charge in [0.15, 0.2) is 0 Å². The number of nitro groups is 1. The number of nitrogens with one attached hydrogen (secondary N) is 1. The second-order valence-electron chi connectivity index (χ2n) is 11.2. The van der Waals surface area contributed by atoms with Crippen LogP contribution in [0.15, 0.2) is 126 Å². The fraction of sp³-hybridized carbons (Fsp3) is 0.167. The summed E-state index contributed by atoms with van der Waals surface area (Å²) in [5.41, 5.74) is 2.37. The Hall–Kier alpha value is -4.86. The zero-order valence-corrected chi connectivity index (χ0v) is 29.1. The molecule has 4 aromatic carbocycles. The molecule has 252 valence electrons. The van der Waals surface area contributed by atoms with Gasteiger partial charge in [0.2, 0.25) is 10.0 Å². The molecule has 0 aliphatic carbocycles. The average molecular weight is 794 g/mol. The molecule has 0 saturated heterocycles. The zero-order valence-electron chi connectivity index (χ0n) is 26.2. The molecule has 0 saturated carbocycles. The summed E-state index contributed by atoms with van der Waals surface area (Å²) in [4.78, 5) is 37.7. The van der Waals surface area contributed by atoms with Gasteiger partial charge in [0.25, 0.3) is 11.6 Å². The number of hydrogen-bond acceptors (Lipinski definition) is 8. The number of esters is 1. The number of carbonyl (C=O) groups excluding carboxylic acids is 2. The summed E-state index contributed by atoms with van der Waals surface area (Å²) in [5.74, 6) is -0.809. The molecule has 4 aromatic rings. The molecule has 0 spiro atoms. The first-order valence-corrected chi connectivity index (χ1v) is 17.6. The summed E-state index contributed by atoms with van der Waals surface area (Å²) in [7, 11) is -3.97. The third-order valence-electron chi connectivity index (χ3n) is 7.58. The molecule has 5 rings (SSSR count). The minimum atomic E-state index is -3.97. The molecule has 1 N–H and O–H groups in total. The summed E-state index contributed by atoms with van der Waals surface area (Å²) in [6.45, 7) is 3.97. The molecule has 1 aliphatic rings. The van der Waals surface area contributed by atoms with Crippen LogP contribution in [0.4, 0.5) is 5.69 Å². The van der Waals surface area contributed by atoms with Crippen molar-refractivity contribution in [2.24, 2.45) is 0 Å². The SMILES string of the molecule is C=C1/C=C/COc2ccccc2CC(C(=O)OCc2ccc([N+](=O)[O-])cc2)NC(=O)c2cccc(c2)CN(S(=O)(=O)c2ccc(I)cc2)C1. The third-order valence-corrected chi connectivity index (χ3v) is 10.1. The number of benzene rings is 4. The van der Waals surface area contributed by atoms with Crippen LogP contribution in [-0.4, -0.2) is 48.7 Å². The first-order chi connectivity index (χ1) is 23.5. The van der Waals surface area contributed by atoms with Crippen molar-refractivity contribution < 1.29 is 32.4 Å². The number of nitrogens with zero attached hydrogens (tertiary/aromatic N) is 2. The summed E-state index contributed by atoms with van der Waals surface area (Å²) in [6.07, 6.45) is 3.47. The summed E-state index contributed by atoms with van der Waals surface area (Å²) < 4.78 is 41.4. The van der Waals surface area contributed by atoms with Crippen LogP contribution < -0.4 is 10.1 Å². The number of ether oxygens (including phenoxy) is 2. The Balaban J connectivity index is 1.46. The maximum absolute atomic E-state index is 13.8. The number of rotatable bonds is 6. The molecule has 1 atom stereocenters. The fourth-order valence-electron chi connectivity index (χ4n) is 5.06. The Kier molecular flexibility index (Phi) is 11.6. The molecule has 0 aromatic heterocycles. The second-order valence-corrected chi connectivity index (χ2v) is 14.4. The van der Waals surface area contributed by atoms with Crippen LogP contribution in [0.2, 0.25) is 0 Å². The lowest BCUT2D eigenvalue weighted by Crippen LogP contribution is -2.43. The van der Waals surface area contributed by atoms with E-state index in [-0.39, 0.29) is 48.9 Å². The zero-order chi connectivity index (χ0) is 35.0. The lowest BCUT2D eigenvalue weighted by molar-refractivity contribution is -0.384. The Morgan fingerprint density at radius 3 is 2.49 bits per heavy atom. The van der Waals surface area contributed by atoms with Gasteiger partial charge in [-0.05, 0) is 106 Å². The van der Waals surface area contributed by atoms with Crippen LogP contribution in [0.5, 0.6) is 5.75 Å². The molecular weight excluding hydrogens is 761 g/mol. The number of nitro benzene ring substituents is 1. The van der Waals surface area contributed by atoms with E-state index in [1.165, 1.54) is 28.6 Å². The Morgan fingerprint density at radius 1 is 1.02 bits per heavy atom. The normalized spacial score (nSPS) is 16.7. The van der Waals surface area contributed by atoms with Gasteiger partial charge in [0.05, 0.1) is 9.82 Å². The van der Waals surface area contributed by atoms with Crippen LogP contribution in [0.1, 0.15) is 27.0 Å². The highest BCUT2D eigenvalue weighted by Gasteiger charge is 2.27. The van der Waals surface area contributed by atoms with Crippen molar-refractivity contribution in [1.82, 2.24) is 9.62 Å². The van der Waals surface area contributed by atoms with Gasteiger partial charge in [0.1, 0.15) is 25.0 Å². The van der Waals surface area contributed by atoms with Gasteiger partial charge in [-0.25, -0.2) is 13.2 Å². The van der Waals surface area contributed by atoms with E-state index in [1.54, 1.807) is 84.9 Å². The van der Waals surface area contributed by atoms with Gasteiger partial charge < -0.3 is 14.8 Å². The monoisotopic (exact) mass is 793 g/mol. The van der Waals surface area contributed by atoms with E-state index in [4.69, 9.17) is 9.47 Å². The third kappa shape index (κ3) is 9.40. The molecule has 0 radical (unpaired) electrons. The van der Waals surface area contributed by atoms with Crippen LogP contribution in [0.25, 0.3) is 0 Å². The topological polar surface area (TPSA) is 145 Å². The predicted molar refractivity (Wildman–Crippen MR) is 191 cm³/mol. The number of halogens is 1. The molecule has 2 bridgehead atoms. The molecule has 11 nitrogen and oxygen atoms in total. The Morgan fingerprint density at radius 2 is 1.76 bits per heavy atom. The van der Waals surface area contributed by atoms with Gasteiger partial charge in [0, 0.05) is 40.8 Å². The highest BCUT2D eigenvalue weighted by atomic mass is 127. The summed E-state index contributed by atoms with van der Waals surface area (Å²) in [5, 5.41) is 13.8. The Bertz CT molecular complexity index is 2000. The van der Waals surface area contributed by atoms with Crippen molar-refractivity contribution in [2.75, 3.05) is 13.2 Å². The lowest BCUT2D eigenvalue weighted by Gasteiger charge is -2.23. The summed E-state index contributed by atoms with van der Waals surface area (Å²) >= 11 is 2.11. The number of para-hydroxylation sites is 1. The van der Waals surface area contributed by atoms with Gasteiger partial charge in [-0.15, -0.1) is 0 Å². The first kappa shape index (κ1) is 35.4. The fourth-order valence-corrected chi connectivity index (χ4v) is 6.86. The predicted octanol–water partition coefficient (Wildman–Crippen LogP) is 5.98. The molecule has 1 heterocycles. The van der Waals surface area contributed by atoms with E-state index < -0.39 is 32.9 Å². The number of non-ortho nitro benzene ring substituents is 1.